The predicted molar refractivity (Wildman–Crippen MR) is 156 cm³/mol. The zero-order valence-corrected chi connectivity index (χ0v) is 26.9. The number of ketones is 3. The number of esters is 2. The van der Waals surface area contributed by atoms with Crippen LogP contribution in [0.3, 0.4) is 0 Å². The Hall–Kier alpha value is -2.35. The fraction of sp³-hybridized carbons (Fsp3) is 0.794. The Bertz CT molecular complexity index is 1210. The van der Waals surface area contributed by atoms with Gasteiger partial charge < -0.3 is 14.6 Å². The smallest absolute Gasteiger partial charge is 0.309 e. The summed E-state index contributed by atoms with van der Waals surface area (Å²) >= 11 is 0. The molecule has 2 fully saturated rings. The van der Waals surface area contributed by atoms with Gasteiger partial charge in [-0.3, -0.25) is 24.0 Å². The van der Waals surface area contributed by atoms with Crippen LogP contribution in [0.15, 0.2) is 11.1 Å². The van der Waals surface area contributed by atoms with E-state index in [0.29, 0.717) is 30.4 Å². The molecule has 0 heterocycles. The largest absolute Gasteiger partial charge is 0.466 e. The first kappa shape index (κ1) is 32.6. The summed E-state index contributed by atoms with van der Waals surface area (Å²) in [5.41, 5.74) is -1.61. The summed E-state index contributed by atoms with van der Waals surface area (Å²) in [4.78, 5) is 65.3. The highest BCUT2D eigenvalue weighted by Gasteiger charge is 2.70. The monoisotopic (exact) mass is 586 g/mol. The average molecular weight is 587 g/mol. The third-order valence-corrected chi connectivity index (χ3v) is 12.1. The third kappa shape index (κ3) is 4.80. The molecule has 4 aliphatic rings. The fourth-order valence-electron chi connectivity index (χ4n) is 9.79. The number of carbonyl (C=O) groups excluding carboxylic acids is 5. The van der Waals surface area contributed by atoms with Crippen LogP contribution in [0.25, 0.3) is 0 Å². The zero-order chi connectivity index (χ0) is 31.6. The van der Waals surface area contributed by atoms with E-state index < -0.39 is 39.7 Å². The lowest BCUT2D eigenvalue weighted by Gasteiger charge is -2.62. The van der Waals surface area contributed by atoms with Crippen molar-refractivity contribution in [2.45, 2.75) is 119 Å². The Morgan fingerprint density at radius 2 is 1.69 bits per heavy atom. The second kappa shape index (κ2) is 11.0. The molecule has 234 valence electrons. The van der Waals surface area contributed by atoms with Crippen LogP contribution in [0.4, 0.5) is 0 Å². The van der Waals surface area contributed by atoms with E-state index in [1.807, 2.05) is 20.8 Å². The Labute approximate surface area is 250 Å². The second-order valence-electron chi connectivity index (χ2n) is 14.9. The Kier molecular flexibility index (Phi) is 8.51. The van der Waals surface area contributed by atoms with Gasteiger partial charge in [0.2, 0.25) is 0 Å². The van der Waals surface area contributed by atoms with E-state index in [9.17, 15) is 29.1 Å². The number of allylic oxidation sites excluding steroid dienone is 1. The molecule has 0 aromatic carbocycles. The molecule has 0 spiro atoms. The minimum atomic E-state index is -1.03. The van der Waals surface area contributed by atoms with Gasteiger partial charge in [0.15, 0.2) is 5.78 Å². The van der Waals surface area contributed by atoms with Crippen LogP contribution in [0, 0.1) is 45.3 Å². The van der Waals surface area contributed by atoms with Crippen LogP contribution in [0.1, 0.15) is 107 Å². The topological polar surface area (TPSA) is 124 Å². The molecule has 0 aliphatic heterocycles. The van der Waals surface area contributed by atoms with Crippen molar-refractivity contribution in [3.05, 3.63) is 11.1 Å². The Morgan fingerprint density at radius 3 is 2.29 bits per heavy atom. The van der Waals surface area contributed by atoms with Gasteiger partial charge in [0, 0.05) is 43.6 Å². The normalized spacial score (nSPS) is 38.6. The van der Waals surface area contributed by atoms with E-state index in [1.165, 1.54) is 6.92 Å². The standard InChI is InChI=1S/C34H50O8/c1-10-41-30(40)19(3)14-21(36)13-18(2)22-15-26(39)34(9)29-23(37)16-25-31(5,6)27(42-20(4)35)11-12-32(25,7)28(29)24(38)17-33(22,34)8/h18-19,22-23,25,27,37H,10-17H2,1-9H3/t18-,19-,22-,23+,25+,27+,32+,33-,34+/m1/s1. The van der Waals surface area contributed by atoms with Crippen molar-refractivity contribution < 1.29 is 38.6 Å². The van der Waals surface area contributed by atoms with Gasteiger partial charge in [0.1, 0.15) is 17.7 Å². The van der Waals surface area contributed by atoms with Crippen molar-refractivity contribution in [2.75, 3.05) is 6.61 Å². The van der Waals surface area contributed by atoms with Gasteiger partial charge in [0.05, 0.1) is 24.0 Å². The van der Waals surface area contributed by atoms with Crippen LogP contribution in [0.2, 0.25) is 0 Å². The van der Waals surface area contributed by atoms with Gasteiger partial charge in [-0.15, -0.1) is 0 Å². The van der Waals surface area contributed by atoms with Gasteiger partial charge in [0.25, 0.3) is 0 Å². The molecule has 0 bridgehead atoms. The Morgan fingerprint density at radius 1 is 1.05 bits per heavy atom. The number of fused-ring (bicyclic) bond motifs is 4. The molecule has 1 N–H and O–H groups in total. The number of Topliss-reactive ketones (excluding diaryl/α,β-unsaturated/α-hetero) is 3. The summed E-state index contributed by atoms with van der Waals surface area (Å²) in [5, 5.41) is 11.8. The molecule has 2 saturated carbocycles. The van der Waals surface area contributed by atoms with Crippen molar-refractivity contribution in [1.29, 1.82) is 0 Å². The highest BCUT2D eigenvalue weighted by molar-refractivity contribution is 6.05. The summed E-state index contributed by atoms with van der Waals surface area (Å²) in [6.07, 6.45) is 1.05. The van der Waals surface area contributed by atoms with Crippen LogP contribution in [-0.4, -0.2) is 53.2 Å². The first-order valence-electron chi connectivity index (χ1n) is 15.7. The SMILES string of the molecule is CCOC(=O)[C@H](C)CC(=O)C[C@@H](C)[C@H]1CC(=O)[C@@]2(C)C3=C(C(=O)C[C@]12C)[C@@]1(C)CC[C@H](OC(C)=O)C(C)(C)[C@@H]1C[C@@H]3O. The fourth-order valence-corrected chi connectivity index (χ4v) is 9.79. The van der Waals surface area contributed by atoms with Crippen molar-refractivity contribution in [1.82, 2.24) is 0 Å². The van der Waals surface area contributed by atoms with E-state index in [4.69, 9.17) is 9.47 Å². The molecule has 0 unspecified atom stereocenters. The van der Waals surface area contributed by atoms with E-state index >= 15 is 0 Å². The minimum Gasteiger partial charge on any atom is -0.466 e. The quantitative estimate of drug-likeness (QED) is 0.386. The van der Waals surface area contributed by atoms with Crippen molar-refractivity contribution in [3.8, 4) is 0 Å². The first-order valence-corrected chi connectivity index (χ1v) is 15.7. The maximum Gasteiger partial charge on any atom is 0.309 e. The lowest BCUT2D eigenvalue weighted by molar-refractivity contribution is -0.171. The first-order chi connectivity index (χ1) is 19.4. The summed E-state index contributed by atoms with van der Waals surface area (Å²) < 4.78 is 10.8. The third-order valence-electron chi connectivity index (χ3n) is 12.1. The number of aliphatic hydroxyl groups excluding tert-OH is 1. The van der Waals surface area contributed by atoms with Gasteiger partial charge in [-0.25, -0.2) is 0 Å². The molecule has 4 aliphatic carbocycles. The zero-order valence-electron chi connectivity index (χ0n) is 26.9. The van der Waals surface area contributed by atoms with E-state index in [0.717, 1.165) is 0 Å². The Balaban J connectivity index is 1.68. The molecule has 0 aromatic heterocycles. The summed E-state index contributed by atoms with van der Waals surface area (Å²) in [5.74, 6) is -1.84. The molecular formula is C34H50O8. The van der Waals surface area contributed by atoms with Crippen molar-refractivity contribution in [3.63, 3.8) is 0 Å². The lowest BCUT2D eigenvalue weighted by Crippen LogP contribution is -2.61. The molecule has 9 atom stereocenters. The summed E-state index contributed by atoms with van der Waals surface area (Å²) in [7, 11) is 0. The van der Waals surface area contributed by atoms with Crippen LogP contribution >= 0.6 is 0 Å². The number of rotatable bonds is 8. The summed E-state index contributed by atoms with van der Waals surface area (Å²) in [6, 6.07) is 0. The van der Waals surface area contributed by atoms with Crippen LogP contribution in [0.5, 0.6) is 0 Å². The molecule has 0 radical (unpaired) electrons. The average Bonchev–Trinajstić information content (AvgIpc) is 3.08. The minimum absolute atomic E-state index is 0.0168. The van der Waals surface area contributed by atoms with Gasteiger partial charge in [-0.05, 0) is 67.3 Å². The number of ether oxygens (including phenoxy) is 2. The van der Waals surface area contributed by atoms with E-state index in [2.05, 4.69) is 20.8 Å². The maximum atomic E-state index is 14.3. The molecular weight excluding hydrogens is 536 g/mol. The van der Waals surface area contributed by atoms with E-state index in [1.54, 1.807) is 13.8 Å². The molecule has 4 rings (SSSR count). The lowest BCUT2D eigenvalue weighted by atomic mass is 9.42. The number of aliphatic hydroxyl groups is 1. The molecule has 0 aromatic rings. The van der Waals surface area contributed by atoms with Crippen molar-refractivity contribution >= 4 is 29.3 Å². The van der Waals surface area contributed by atoms with Gasteiger partial charge in [-0.2, -0.15) is 0 Å². The summed E-state index contributed by atoms with van der Waals surface area (Å²) in [6.45, 7) is 17.2. The number of hydrogen-bond acceptors (Lipinski definition) is 8. The van der Waals surface area contributed by atoms with Gasteiger partial charge >= 0.3 is 11.9 Å². The highest BCUT2D eigenvalue weighted by atomic mass is 16.5. The van der Waals surface area contributed by atoms with E-state index in [-0.39, 0.29) is 79.5 Å². The molecule has 8 nitrogen and oxygen atoms in total. The molecule has 0 saturated heterocycles. The maximum absolute atomic E-state index is 14.3. The highest BCUT2D eigenvalue weighted by Crippen LogP contribution is 2.70. The number of hydrogen-bond donors (Lipinski definition) is 1. The van der Waals surface area contributed by atoms with Crippen LogP contribution < -0.4 is 0 Å². The molecule has 0 amide bonds. The molecule has 8 heteroatoms. The predicted octanol–water partition coefficient (Wildman–Crippen LogP) is 5.18. The second-order valence-corrected chi connectivity index (χ2v) is 14.9. The number of carbonyl (C=O) groups is 5. The van der Waals surface area contributed by atoms with Crippen LogP contribution in [-0.2, 0) is 33.4 Å². The van der Waals surface area contributed by atoms with Gasteiger partial charge in [-0.1, -0.05) is 41.5 Å². The van der Waals surface area contributed by atoms with Crippen molar-refractivity contribution in [2.24, 2.45) is 45.3 Å². The molecule has 42 heavy (non-hydrogen) atoms.